The van der Waals surface area contributed by atoms with E-state index < -0.39 is 0 Å². The third-order valence-corrected chi connectivity index (χ3v) is 4.60. The molecule has 1 saturated heterocycles. The summed E-state index contributed by atoms with van der Waals surface area (Å²) in [6, 6.07) is 14.1. The molecule has 0 atom stereocenters. The van der Waals surface area contributed by atoms with E-state index in [4.69, 9.17) is 0 Å². The number of amides is 1. The number of hydrogen-bond donors (Lipinski definition) is 1. The first kappa shape index (κ1) is 17.3. The van der Waals surface area contributed by atoms with Crippen LogP contribution in [0.2, 0.25) is 0 Å². The van der Waals surface area contributed by atoms with Crippen molar-refractivity contribution < 1.29 is 4.79 Å². The number of para-hydroxylation sites is 1. The van der Waals surface area contributed by atoms with Crippen molar-refractivity contribution in [3.05, 3.63) is 54.4 Å². The second-order valence-electron chi connectivity index (χ2n) is 6.46. The second-order valence-corrected chi connectivity index (χ2v) is 6.46. The summed E-state index contributed by atoms with van der Waals surface area (Å²) in [5.74, 6) is -0.0941. The molecule has 1 amide bonds. The summed E-state index contributed by atoms with van der Waals surface area (Å²) in [7, 11) is 2.07. The number of rotatable bonds is 7. The summed E-state index contributed by atoms with van der Waals surface area (Å²) in [4.78, 5) is 21.0. The van der Waals surface area contributed by atoms with Crippen molar-refractivity contribution in [1.82, 2.24) is 10.3 Å². The standard InChI is InChI=1S/C20H26N4O/c1-23(17-8-3-2-4-9-17)13-7-11-22-20(25)19-16-18(10-12-21-19)24-14-5-6-15-24/h2-4,8-10,12,16H,5-7,11,13-15H2,1H3,(H,22,25). The van der Waals surface area contributed by atoms with Gasteiger partial charge in [-0.3, -0.25) is 9.78 Å². The Labute approximate surface area is 149 Å². The Morgan fingerprint density at radius 3 is 2.72 bits per heavy atom. The predicted molar refractivity (Wildman–Crippen MR) is 102 cm³/mol. The lowest BCUT2D eigenvalue weighted by atomic mass is 10.2. The van der Waals surface area contributed by atoms with E-state index in [2.05, 4.69) is 39.3 Å². The Bertz CT molecular complexity index is 683. The molecule has 1 N–H and O–H groups in total. The molecular formula is C20H26N4O. The van der Waals surface area contributed by atoms with Gasteiger partial charge in [-0.15, -0.1) is 0 Å². The average Bonchev–Trinajstić information content (AvgIpc) is 3.20. The van der Waals surface area contributed by atoms with Crippen LogP contribution in [0.3, 0.4) is 0 Å². The van der Waals surface area contributed by atoms with Gasteiger partial charge < -0.3 is 15.1 Å². The Balaban J connectivity index is 1.45. The second kappa shape index (κ2) is 8.51. The quantitative estimate of drug-likeness (QED) is 0.789. The van der Waals surface area contributed by atoms with Gasteiger partial charge in [0.15, 0.2) is 0 Å². The number of aromatic nitrogens is 1. The first-order chi connectivity index (χ1) is 12.2. The zero-order chi connectivity index (χ0) is 17.5. The summed E-state index contributed by atoms with van der Waals surface area (Å²) in [6.07, 6.45) is 5.06. The van der Waals surface area contributed by atoms with Crippen LogP contribution in [0.25, 0.3) is 0 Å². The minimum Gasteiger partial charge on any atom is -0.375 e. The topological polar surface area (TPSA) is 48.5 Å². The smallest absolute Gasteiger partial charge is 0.269 e. The molecule has 1 aliphatic rings. The van der Waals surface area contributed by atoms with Gasteiger partial charge in [-0.05, 0) is 43.5 Å². The Hall–Kier alpha value is -2.56. The van der Waals surface area contributed by atoms with E-state index in [-0.39, 0.29) is 5.91 Å². The highest BCUT2D eigenvalue weighted by Crippen LogP contribution is 2.20. The number of benzene rings is 1. The maximum absolute atomic E-state index is 12.3. The zero-order valence-electron chi connectivity index (χ0n) is 14.8. The first-order valence-corrected chi connectivity index (χ1v) is 8.99. The number of carbonyl (C=O) groups is 1. The van der Waals surface area contributed by atoms with E-state index in [0.29, 0.717) is 12.2 Å². The number of anilines is 2. The van der Waals surface area contributed by atoms with E-state index in [1.54, 1.807) is 6.20 Å². The molecule has 132 valence electrons. The van der Waals surface area contributed by atoms with Crippen molar-refractivity contribution in [3.8, 4) is 0 Å². The van der Waals surface area contributed by atoms with Crippen molar-refractivity contribution in [2.45, 2.75) is 19.3 Å². The van der Waals surface area contributed by atoms with Gasteiger partial charge in [0.2, 0.25) is 0 Å². The summed E-state index contributed by atoms with van der Waals surface area (Å²) in [6.45, 7) is 3.67. The normalized spacial score (nSPS) is 13.7. The van der Waals surface area contributed by atoms with Crippen molar-refractivity contribution in [1.29, 1.82) is 0 Å². The van der Waals surface area contributed by atoms with E-state index in [1.165, 1.54) is 18.5 Å². The lowest BCUT2D eigenvalue weighted by molar-refractivity contribution is 0.0948. The minimum atomic E-state index is -0.0941. The van der Waals surface area contributed by atoms with E-state index in [1.807, 2.05) is 30.3 Å². The molecule has 1 aromatic heterocycles. The molecule has 2 heterocycles. The van der Waals surface area contributed by atoms with Gasteiger partial charge in [-0.25, -0.2) is 0 Å². The number of nitrogens with one attached hydrogen (secondary N) is 1. The largest absolute Gasteiger partial charge is 0.375 e. The van der Waals surface area contributed by atoms with Crippen LogP contribution in [-0.2, 0) is 0 Å². The summed E-state index contributed by atoms with van der Waals surface area (Å²) in [5.41, 5.74) is 2.79. The summed E-state index contributed by atoms with van der Waals surface area (Å²) >= 11 is 0. The van der Waals surface area contributed by atoms with Gasteiger partial charge in [0, 0.05) is 50.8 Å². The molecule has 25 heavy (non-hydrogen) atoms. The fourth-order valence-electron chi connectivity index (χ4n) is 3.14. The molecular weight excluding hydrogens is 312 g/mol. The van der Waals surface area contributed by atoms with Crippen molar-refractivity contribution >= 4 is 17.3 Å². The molecule has 5 heteroatoms. The van der Waals surface area contributed by atoms with Crippen LogP contribution in [-0.4, -0.2) is 44.1 Å². The lowest BCUT2D eigenvalue weighted by Gasteiger charge is -2.19. The number of nitrogens with zero attached hydrogens (tertiary/aromatic N) is 3. The summed E-state index contributed by atoms with van der Waals surface area (Å²) < 4.78 is 0. The van der Waals surface area contributed by atoms with Gasteiger partial charge >= 0.3 is 0 Å². The average molecular weight is 338 g/mol. The van der Waals surface area contributed by atoms with Crippen molar-refractivity contribution in [2.75, 3.05) is 43.0 Å². The molecule has 3 rings (SSSR count). The maximum atomic E-state index is 12.3. The highest BCUT2D eigenvalue weighted by molar-refractivity contribution is 5.93. The van der Waals surface area contributed by atoms with E-state index >= 15 is 0 Å². The van der Waals surface area contributed by atoms with Crippen molar-refractivity contribution in [3.63, 3.8) is 0 Å². The Kier molecular flexibility index (Phi) is 5.88. The highest BCUT2D eigenvalue weighted by Gasteiger charge is 2.14. The van der Waals surface area contributed by atoms with E-state index in [9.17, 15) is 4.79 Å². The third-order valence-electron chi connectivity index (χ3n) is 4.60. The van der Waals surface area contributed by atoms with Crippen LogP contribution < -0.4 is 15.1 Å². The van der Waals surface area contributed by atoms with Gasteiger partial charge in [-0.2, -0.15) is 0 Å². The number of hydrogen-bond acceptors (Lipinski definition) is 4. The molecule has 5 nitrogen and oxygen atoms in total. The summed E-state index contributed by atoms with van der Waals surface area (Å²) in [5, 5.41) is 2.98. The van der Waals surface area contributed by atoms with Gasteiger partial charge in [0.25, 0.3) is 5.91 Å². The van der Waals surface area contributed by atoms with E-state index in [0.717, 1.165) is 31.7 Å². The van der Waals surface area contributed by atoms with Crippen molar-refractivity contribution in [2.24, 2.45) is 0 Å². The number of carbonyl (C=O) groups excluding carboxylic acids is 1. The Morgan fingerprint density at radius 1 is 1.20 bits per heavy atom. The molecule has 0 bridgehead atoms. The third kappa shape index (κ3) is 4.72. The zero-order valence-corrected chi connectivity index (χ0v) is 14.8. The minimum absolute atomic E-state index is 0.0941. The van der Waals surface area contributed by atoms with Gasteiger partial charge in [0.1, 0.15) is 5.69 Å². The predicted octanol–water partition coefficient (Wildman–Crippen LogP) is 2.94. The molecule has 0 spiro atoms. The SMILES string of the molecule is CN(CCCNC(=O)c1cc(N2CCCC2)ccn1)c1ccccc1. The molecule has 0 radical (unpaired) electrons. The van der Waals surface area contributed by atoms with Gasteiger partial charge in [-0.1, -0.05) is 18.2 Å². The molecule has 1 aliphatic heterocycles. The fraction of sp³-hybridized carbons (Fsp3) is 0.400. The Morgan fingerprint density at radius 2 is 1.96 bits per heavy atom. The first-order valence-electron chi connectivity index (χ1n) is 8.99. The molecule has 1 fully saturated rings. The maximum Gasteiger partial charge on any atom is 0.269 e. The molecule has 0 unspecified atom stereocenters. The van der Waals surface area contributed by atoms with Crippen LogP contribution >= 0.6 is 0 Å². The monoisotopic (exact) mass is 338 g/mol. The number of pyridine rings is 1. The van der Waals surface area contributed by atoms with Crippen LogP contribution in [0.1, 0.15) is 29.8 Å². The highest BCUT2D eigenvalue weighted by atomic mass is 16.1. The van der Waals surface area contributed by atoms with Crippen LogP contribution in [0.4, 0.5) is 11.4 Å². The van der Waals surface area contributed by atoms with Crippen LogP contribution in [0.15, 0.2) is 48.7 Å². The molecule has 0 aliphatic carbocycles. The molecule has 2 aromatic rings. The fourth-order valence-corrected chi connectivity index (χ4v) is 3.14. The molecule has 0 saturated carbocycles. The van der Waals surface area contributed by atoms with Crippen LogP contribution in [0.5, 0.6) is 0 Å². The van der Waals surface area contributed by atoms with Crippen LogP contribution in [0, 0.1) is 0 Å². The van der Waals surface area contributed by atoms with Gasteiger partial charge in [0.05, 0.1) is 0 Å². The lowest BCUT2D eigenvalue weighted by Crippen LogP contribution is -2.29. The molecule has 1 aromatic carbocycles.